The molecule has 1 aromatic carbocycles. The van der Waals surface area contributed by atoms with Crippen molar-refractivity contribution < 1.29 is 17.9 Å². The van der Waals surface area contributed by atoms with Crippen molar-refractivity contribution in [3.8, 4) is 5.75 Å². The molecule has 0 atom stereocenters. The van der Waals surface area contributed by atoms with Crippen LogP contribution in [0.1, 0.15) is 16.1 Å². The van der Waals surface area contributed by atoms with E-state index in [2.05, 4.69) is 9.97 Å². The van der Waals surface area contributed by atoms with Gasteiger partial charge >= 0.3 is 5.97 Å². The van der Waals surface area contributed by atoms with Gasteiger partial charge in [-0.1, -0.05) is 29.3 Å². The quantitative estimate of drug-likeness (QED) is 0.487. The maximum atomic E-state index is 12.0. The highest BCUT2D eigenvalue weighted by Crippen LogP contribution is 2.18. The van der Waals surface area contributed by atoms with Crippen molar-refractivity contribution in [3.63, 3.8) is 0 Å². The van der Waals surface area contributed by atoms with E-state index in [9.17, 15) is 13.2 Å². The topological polar surface area (TPSA) is 86.2 Å². The summed E-state index contributed by atoms with van der Waals surface area (Å²) in [5.41, 5.74) is 0.710. The number of hydrogen-bond acceptors (Lipinski definition) is 6. The van der Waals surface area contributed by atoms with Crippen molar-refractivity contribution in [2.45, 2.75) is 12.1 Å². The molecule has 0 bridgehead atoms. The number of benzene rings is 1. The van der Waals surface area contributed by atoms with E-state index >= 15 is 0 Å². The predicted molar refractivity (Wildman–Crippen MR) is 76.3 cm³/mol. The van der Waals surface area contributed by atoms with Gasteiger partial charge in [-0.2, -0.15) is 0 Å². The van der Waals surface area contributed by atoms with E-state index in [0.717, 1.165) is 18.0 Å². The van der Waals surface area contributed by atoms with Gasteiger partial charge in [-0.05, 0) is 19.1 Å². The van der Waals surface area contributed by atoms with Gasteiger partial charge in [0.2, 0.25) is 15.0 Å². The Morgan fingerprint density at radius 2 is 1.86 bits per heavy atom. The van der Waals surface area contributed by atoms with Gasteiger partial charge in [0, 0.05) is 6.26 Å². The van der Waals surface area contributed by atoms with Crippen molar-refractivity contribution in [1.82, 2.24) is 9.97 Å². The maximum Gasteiger partial charge on any atom is 0.364 e. The molecule has 21 heavy (non-hydrogen) atoms. The maximum absolute atomic E-state index is 12.0. The van der Waals surface area contributed by atoms with Crippen LogP contribution in [0.4, 0.5) is 0 Å². The van der Waals surface area contributed by atoms with Gasteiger partial charge in [0.1, 0.15) is 5.75 Å². The molecule has 2 aromatic rings. The number of esters is 1. The minimum Gasteiger partial charge on any atom is -0.422 e. The van der Waals surface area contributed by atoms with Gasteiger partial charge in [-0.25, -0.2) is 23.2 Å². The highest BCUT2D eigenvalue weighted by Gasteiger charge is 2.20. The summed E-state index contributed by atoms with van der Waals surface area (Å²) >= 11 is 5.81. The summed E-state index contributed by atoms with van der Waals surface area (Å²) in [7, 11) is -3.64. The third-order valence-electron chi connectivity index (χ3n) is 2.48. The van der Waals surface area contributed by atoms with Crippen LogP contribution in [0.15, 0.2) is 35.6 Å². The van der Waals surface area contributed by atoms with Crippen molar-refractivity contribution in [3.05, 3.63) is 46.7 Å². The van der Waals surface area contributed by atoms with Crippen LogP contribution in [0.2, 0.25) is 5.02 Å². The summed E-state index contributed by atoms with van der Waals surface area (Å²) in [6, 6.07) is 6.76. The van der Waals surface area contributed by atoms with E-state index in [1.165, 1.54) is 0 Å². The average molecular weight is 327 g/mol. The Bertz CT molecular complexity index is 788. The zero-order valence-corrected chi connectivity index (χ0v) is 12.8. The van der Waals surface area contributed by atoms with Crippen LogP contribution < -0.4 is 4.74 Å². The zero-order chi connectivity index (χ0) is 15.6. The fourth-order valence-electron chi connectivity index (χ4n) is 1.43. The molecule has 0 saturated heterocycles. The normalized spacial score (nSPS) is 11.2. The van der Waals surface area contributed by atoms with Gasteiger partial charge in [0.15, 0.2) is 5.69 Å². The van der Waals surface area contributed by atoms with Crippen molar-refractivity contribution in [1.29, 1.82) is 0 Å². The molecule has 8 heteroatoms. The van der Waals surface area contributed by atoms with Gasteiger partial charge in [0.25, 0.3) is 0 Å². The molecule has 0 unspecified atom stereocenters. The standard InChI is InChI=1S/C13H11ClN2O4S/c1-8-3-5-9(6-4-8)20-12(17)11-10(14)7-15-13(16-11)21(2,18)19/h3-7H,1-2H3. The van der Waals surface area contributed by atoms with Crippen LogP contribution in [0.25, 0.3) is 0 Å². The average Bonchev–Trinajstić information content (AvgIpc) is 2.40. The molecule has 0 amide bonds. The van der Waals surface area contributed by atoms with Crippen molar-refractivity contribution >= 4 is 27.4 Å². The number of aryl methyl sites for hydroxylation is 1. The van der Waals surface area contributed by atoms with E-state index in [1.54, 1.807) is 24.3 Å². The number of halogens is 1. The van der Waals surface area contributed by atoms with E-state index in [1.807, 2.05) is 6.92 Å². The third kappa shape index (κ3) is 3.77. The number of hydrogen-bond donors (Lipinski definition) is 0. The third-order valence-corrected chi connectivity index (χ3v) is 3.62. The minimum atomic E-state index is -3.64. The fourth-order valence-corrected chi connectivity index (χ4v) is 2.10. The SMILES string of the molecule is Cc1ccc(OC(=O)c2nc(S(C)(=O)=O)ncc2Cl)cc1. The van der Waals surface area contributed by atoms with E-state index < -0.39 is 21.0 Å². The summed E-state index contributed by atoms with van der Waals surface area (Å²) in [6.07, 6.45) is 1.99. The molecule has 0 radical (unpaired) electrons. The lowest BCUT2D eigenvalue weighted by Crippen LogP contribution is -2.15. The van der Waals surface area contributed by atoms with Crippen LogP contribution in [0.5, 0.6) is 5.75 Å². The number of sulfone groups is 1. The number of nitrogens with zero attached hydrogens (tertiary/aromatic N) is 2. The summed E-state index contributed by atoms with van der Waals surface area (Å²) < 4.78 is 27.9. The number of rotatable bonds is 3. The predicted octanol–water partition coefficient (Wildman–Crippen LogP) is 2.06. The van der Waals surface area contributed by atoms with Crippen molar-refractivity contribution in [2.75, 3.05) is 6.26 Å². The lowest BCUT2D eigenvalue weighted by atomic mass is 10.2. The second kappa shape index (κ2) is 5.79. The molecule has 110 valence electrons. The Hall–Kier alpha value is -1.99. The van der Waals surface area contributed by atoms with Gasteiger partial charge in [-0.15, -0.1) is 0 Å². The molecule has 0 aliphatic rings. The Labute approximate surface area is 126 Å². The lowest BCUT2D eigenvalue weighted by Gasteiger charge is -2.06. The first kappa shape index (κ1) is 15.4. The first-order chi connectivity index (χ1) is 9.77. The molecular formula is C13H11ClN2O4S. The molecule has 0 spiro atoms. The van der Waals surface area contributed by atoms with Crippen LogP contribution in [0, 0.1) is 6.92 Å². The van der Waals surface area contributed by atoms with Crippen LogP contribution in [0.3, 0.4) is 0 Å². The zero-order valence-electron chi connectivity index (χ0n) is 11.2. The second-order valence-electron chi connectivity index (χ2n) is 4.32. The molecule has 0 aliphatic heterocycles. The van der Waals surface area contributed by atoms with Crippen LogP contribution in [-0.4, -0.2) is 30.6 Å². The number of ether oxygens (including phenoxy) is 1. The molecule has 1 heterocycles. The Morgan fingerprint density at radius 1 is 1.24 bits per heavy atom. The summed E-state index contributed by atoms with van der Waals surface area (Å²) in [6.45, 7) is 1.89. The van der Waals surface area contributed by atoms with Crippen LogP contribution in [-0.2, 0) is 9.84 Å². The monoisotopic (exact) mass is 326 g/mol. The first-order valence-corrected chi connectivity index (χ1v) is 8.06. The molecule has 2 rings (SSSR count). The molecular weight excluding hydrogens is 316 g/mol. The van der Waals surface area contributed by atoms with E-state index in [4.69, 9.17) is 16.3 Å². The Morgan fingerprint density at radius 3 is 2.43 bits per heavy atom. The minimum absolute atomic E-state index is 0.0838. The van der Waals surface area contributed by atoms with Crippen molar-refractivity contribution in [2.24, 2.45) is 0 Å². The molecule has 6 nitrogen and oxygen atoms in total. The van der Waals surface area contributed by atoms with E-state index in [-0.39, 0.29) is 10.7 Å². The highest BCUT2D eigenvalue weighted by molar-refractivity contribution is 7.90. The molecule has 0 aliphatic carbocycles. The number of carbonyl (C=O) groups excluding carboxylic acids is 1. The molecule has 0 fully saturated rings. The summed E-state index contributed by atoms with van der Waals surface area (Å²) in [5, 5.41) is -0.567. The number of aromatic nitrogens is 2. The first-order valence-electron chi connectivity index (χ1n) is 5.79. The highest BCUT2D eigenvalue weighted by atomic mass is 35.5. The van der Waals surface area contributed by atoms with Gasteiger partial charge in [-0.3, -0.25) is 0 Å². The molecule has 0 saturated carbocycles. The number of carbonyl (C=O) groups is 1. The molecule has 1 aromatic heterocycles. The largest absolute Gasteiger partial charge is 0.422 e. The Kier molecular flexibility index (Phi) is 4.24. The summed E-state index contributed by atoms with van der Waals surface area (Å²) in [5.74, 6) is -0.544. The Balaban J connectivity index is 2.32. The van der Waals surface area contributed by atoms with Gasteiger partial charge < -0.3 is 4.74 Å². The van der Waals surface area contributed by atoms with Gasteiger partial charge in [0.05, 0.1) is 11.2 Å². The van der Waals surface area contributed by atoms with Crippen LogP contribution >= 0.6 is 11.6 Å². The van der Waals surface area contributed by atoms with E-state index in [0.29, 0.717) is 5.75 Å². The second-order valence-corrected chi connectivity index (χ2v) is 6.64. The molecule has 0 N–H and O–H groups in total. The smallest absolute Gasteiger partial charge is 0.364 e. The summed E-state index contributed by atoms with van der Waals surface area (Å²) in [4.78, 5) is 19.2. The fraction of sp³-hybridized carbons (Fsp3) is 0.154. The lowest BCUT2D eigenvalue weighted by molar-refractivity contribution is 0.0727.